The number of carbonyl (C=O) groups excluding carboxylic acids is 2. The third-order valence-corrected chi connectivity index (χ3v) is 4.84. The van der Waals surface area contributed by atoms with Crippen LogP contribution in [-0.2, 0) is 4.79 Å². The molecule has 2 aromatic rings. The molecule has 0 radical (unpaired) electrons. The highest BCUT2D eigenvalue weighted by Crippen LogP contribution is 2.28. The Morgan fingerprint density at radius 1 is 1.08 bits per heavy atom. The highest BCUT2D eigenvalue weighted by atomic mass is 19.1. The molecule has 1 atom stereocenters. The Morgan fingerprint density at radius 2 is 1.88 bits per heavy atom. The van der Waals surface area contributed by atoms with Gasteiger partial charge in [0.05, 0.1) is 24.3 Å². The van der Waals surface area contributed by atoms with E-state index in [1.807, 2.05) is 18.2 Å². The summed E-state index contributed by atoms with van der Waals surface area (Å²) in [5.74, 6) is -1.68. The molecule has 5 heteroatoms. The summed E-state index contributed by atoms with van der Waals surface area (Å²) in [6, 6.07) is 14.2. The smallest absolute Gasteiger partial charge is 0.303 e. The van der Waals surface area contributed by atoms with E-state index in [0.29, 0.717) is 12.4 Å². The molecule has 2 aliphatic heterocycles. The number of benzene rings is 2. The number of nitrogens with zero attached hydrogens (tertiary/aromatic N) is 1. The quantitative estimate of drug-likeness (QED) is 0.866. The van der Waals surface area contributed by atoms with Crippen LogP contribution in [0.15, 0.2) is 54.6 Å². The van der Waals surface area contributed by atoms with Crippen LogP contribution in [0, 0.1) is 5.82 Å². The first-order valence-corrected chi connectivity index (χ1v) is 8.37. The molecule has 0 aliphatic carbocycles. The molecule has 2 aliphatic rings. The molecule has 0 saturated carbocycles. The van der Waals surface area contributed by atoms with E-state index >= 15 is 0 Å². The van der Waals surface area contributed by atoms with Crippen LogP contribution in [-0.4, -0.2) is 31.4 Å². The van der Waals surface area contributed by atoms with E-state index in [1.165, 1.54) is 33.1 Å². The molecule has 2 aromatic carbocycles. The van der Waals surface area contributed by atoms with E-state index in [-0.39, 0.29) is 5.56 Å². The SMILES string of the molecule is O=C1C(=O)N(C[NH+]2CC=C(c3ccccc3)CC2)c2ccc(F)cc21. The number of halogens is 1. The molecule has 126 valence electrons. The summed E-state index contributed by atoms with van der Waals surface area (Å²) in [6.45, 7) is 2.09. The lowest BCUT2D eigenvalue weighted by atomic mass is 10.00. The number of rotatable bonds is 3. The van der Waals surface area contributed by atoms with Crippen LogP contribution in [0.2, 0.25) is 0 Å². The van der Waals surface area contributed by atoms with Gasteiger partial charge in [0.2, 0.25) is 0 Å². The highest BCUT2D eigenvalue weighted by Gasteiger charge is 2.38. The minimum atomic E-state index is -0.619. The van der Waals surface area contributed by atoms with Crippen LogP contribution in [0.4, 0.5) is 10.1 Å². The van der Waals surface area contributed by atoms with Crippen molar-refractivity contribution in [1.29, 1.82) is 0 Å². The number of nitrogens with one attached hydrogen (secondary N) is 1. The van der Waals surface area contributed by atoms with Crippen molar-refractivity contribution in [3.63, 3.8) is 0 Å². The molecule has 2 heterocycles. The Balaban J connectivity index is 1.50. The van der Waals surface area contributed by atoms with E-state index in [4.69, 9.17) is 0 Å². The van der Waals surface area contributed by atoms with Crippen LogP contribution in [0.3, 0.4) is 0 Å². The maximum absolute atomic E-state index is 13.4. The zero-order chi connectivity index (χ0) is 17.4. The van der Waals surface area contributed by atoms with Crippen LogP contribution < -0.4 is 9.80 Å². The summed E-state index contributed by atoms with van der Waals surface area (Å²) >= 11 is 0. The third-order valence-electron chi connectivity index (χ3n) is 4.84. The lowest BCUT2D eigenvalue weighted by Gasteiger charge is -2.27. The van der Waals surface area contributed by atoms with Crippen molar-refractivity contribution in [3.05, 3.63) is 71.6 Å². The molecular weight excluding hydrogens is 319 g/mol. The number of amides is 1. The second-order valence-electron chi connectivity index (χ2n) is 6.43. The van der Waals surface area contributed by atoms with Crippen molar-refractivity contribution in [2.24, 2.45) is 0 Å². The van der Waals surface area contributed by atoms with Gasteiger partial charge < -0.3 is 4.90 Å². The van der Waals surface area contributed by atoms with Crippen molar-refractivity contribution >= 4 is 23.0 Å². The monoisotopic (exact) mass is 337 g/mol. The summed E-state index contributed by atoms with van der Waals surface area (Å²) in [5.41, 5.74) is 3.23. The molecule has 0 fully saturated rings. The zero-order valence-corrected chi connectivity index (χ0v) is 13.7. The van der Waals surface area contributed by atoms with Crippen LogP contribution in [0.25, 0.3) is 5.57 Å². The number of fused-ring (bicyclic) bond motifs is 1. The van der Waals surface area contributed by atoms with Gasteiger partial charge in [-0.1, -0.05) is 30.3 Å². The van der Waals surface area contributed by atoms with E-state index < -0.39 is 17.5 Å². The van der Waals surface area contributed by atoms with Gasteiger partial charge in [-0.2, -0.15) is 0 Å². The first-order valence-electron chi connectivity index (χ1n) is 8.37. The largest absolute Gasteiger partial charge is 0.314 e. The highest BCUT2D eigenvalue weighted by molar-refractivity contribution is 6.52. The summed E-state index contributed by atoms with van der Waals surface area (Å²) in [7, 11) is 0. The molecule has 1 unspecified atom stereocenters. The number of ketones is 1. The Labute approximate surface area is 145 Å². The number of anilines is 1. The van der Waals surface area contributed by atoms with Crippen LogP contribution in [0.1, 0.15) is 22.3 Å². The van der Waals surface area contributed by atoms with Gasteiger partial charge in [-0.15, -0.1) is 0 Å². The second kappa shape index (κ2) is 6.26. The van der Waals surface area contributed by atoms with Gasteiger partial charge in [0.25, 0.3) is 5.78 Å². The topological polar surface area (TPSA) is 41.8 Å². The molecule has 0 bridgehead atoms. The van der Waals surface area contributed by atoms with Crippen molar-refractivity contribution in [2.45, 2.75) is 6.42 Å². The van der Waals surface area contributed by atoms with Crippen molar-refractivity contribution in [3.8, 4) is 0 Å². The first kappa shape index (κ1) is 15.7. The van der Waals surface area contributed by atoms with E-state index in [9.17, 15) is 14.0 Å². The predicted molar refractivity (Wildman–Crippen MR) is 92.8 cm³/mol. The Bertz CT molecular complexity index is 877. The fourth-order valence-corrected chi connectivity index (χ4v) is 3.49. The molecule has 0 spiro atoms. The number of carbonyl (C=O) groups is 2. The molecule has 25 heavy (non-hydrogen) atoms. The summed E-state index contributed by atoms with van der Waals surface area (Å²) in [6.07, 6.45) is 3.12. The van der Waals surface area contributed by atoms with E-state index in [2.05, 4.69) is 18.2 Å². The second-order valence-corrected chi connectivity index (χ2v) is 6.43. The van der Waals surface area contributed by atoms with Crippen LogP contribution >= 0.6 is 0 Å². The minimum Gasteiger partial charge on any atom is -0.314 e. The molecule has 1 amide bonds. The molecule has 4 nitrogen and oxygen atoms in total. The normalized spacial score (nSPS) is 19.8. The predicted octanol–water partition coefficient (Wildman–Crippen LogP) is 1.68. The Kier molecular flexibility index (Phi) is 3.93. The fourth-order valence-electron chi connectivity index (χ4n) is 3.49. The zero-order valence-electron chi connectivity index (χ0n) is 13.7. The van der Waals surface area contributed by atoms with Gasteiger partial charge in [0.1, 0.15) is 5.82 Å². The average Bonchev–Trinajstić information content (AvgIpc) is 2.88. The number of hydrogen-bond acceptors (Lipinski definition) is 2. The fraction of sp³-hybridized carbons (Fsp3) is 0.200. The maximum Gasteiger partial charge on any atom is 0.303 e. The molecular formula is C20H18FN2O2+. The molecule has 1 N–H and O–H groups in total. The minimum absolute atomic E-state index is 0.168. The molecule has 0 aromatic heterocycles. The van der Waals surface area contributed by atoms with Crippen LogP contribution in [0.5, 0.6) is 0 Å². The number of Topliss-reactive ketones (excluding diaryl/α,β-unsaturated/α-hetero) is 1. The maximum atomic E-state index is 13.4. The Morgan fingerprint density at radius 3 is 2.60 bits per heavy atom. The van der Waals surface area contributed by atoms with Gasteiger partial charge in [-0.05, 0) is 35.4 Å². The van der Waals surface area contributed by atoms with E-state index in [1.54, 1.807) is 0 Å². The number of hydrogen-bond donors (Lipinski definition) is 1. The lowest BCUT2D eigenvalue weighted by Crippen LogP contribution is -3.14. The van der Waals surface area contributed by atoms with Gasteiger partial charge in [-0.25, -0.2) is 4.39 Å². The van der Waals surface area contributed by atoms with Crippen molar-refractivity contribution in [1.82, 2.24) is 0 Å². The van der Waals surface area contributed by atoms with Crippen molar-refractivity contribution in [2.75, 3.05) is 24.7 Å². The lowest BCUT2D eigenvalue weighted by molar-refractivity contribution is -0.893. The average molecular weight is 337 g/mol. The molecule has 0 saturated heterocycles. The van der Waals surface area contributed by atoms with Gasteiger partial charge in [0, 0.05) is 6.42 Å². The first-order chi connectivity index (χ1) is 12.1. The van der Waals surface area contributed by atoms with Crippen molar-refractivity contribution < 1.29 is 18.9 Å². The summed E-state index contributed by atoms with van der Waals surface area (Å²) < 4.78 is 13.4. The van der Waals surface area contributed by atoms with Gasteiger partial charge in [0.15, 0.2) is 6.67 Å². The molecule has 4 rings (SSSR count). The number of quaternary nitrogens is 1. The standard InChI is InChI=1S/C20H17FN2O2/c21-16-6-7-18-17(12-16)19(24)20(25)23(18)13-22-10-8-15(9-11-22)14-4-2-1-3-5-14/h1-8,12H,9-11,13H2/p+1. The van der Waals surface area contributed by atoms with Gasteiger partial charge in [-0.3, -0.25) is 14.5 Å². The summed E-state index contributed by atoms with van der Waals surface area (Å²) in [5, 5.41) is 0. The van der Waals surface area contributed by atoms with E-state index in [0.717, 1.165) is 25.6 Å². The summed E-state index contributed by atoms with van der Waals surface area (Å²) in [4.78, 5) is 27.0. The third kappa shape index (κ3) is 2.87. The van der Waals surface area contributed by atoms with Gasteiger partial charge >= 0.3 is 5.91 Å². The Hall–Kier alpha value is -2.79.